The van der Waals surface area contributed by atoms with Crippen LogP contribution in [0.1, 0.15) is 46.0 Å². The molecule has 1 saturated heterocycles. The minimum Gasteiger partial charge on any atom is -0.395 e. The zero-order chi connectivity index (χ0) is 15.5. The first-order valence-corrected chi connectivity index (χ1v) is 8.82. The van der Waals surface area contributed by atoms with Gasteiger partial charge in [0.2, 0.25) is 0 Å². The monoisotopic (exact) mass is 300 g/mol. The van der Waals surface area contributed by atoms with Crippen molar-refractivity contribution in [1.29, 1.82) is 0 Å². The van der Waals surface area contributed by atoms with Gasteiger partial charge in [-0.25, -0.2) is 0 Å². The van der Waals surface area contributed by atoms with Crippen molar-refractivity contribution in [2.45, 2.75) is 46.0 Å². The quantitative estimate of drug-likeness (QED) is 0.831. The number of hydrogen-bond donors (Lipinski definition) is 2. The summed E-state index contributed by atoms with van der Waals surface area (Å²) in [5, 5.41) is 18.4. The molecule has 0 bridgehead atoms. The van der Waals surface area contributed by atoms with Gasteiger partial charge in [0.1, 0.15) is 0 Å². The van der Waals surface area contributed by atoms with Crippen molar-refractivity contribution in [3.63, 3.8) is 0 Å². The summed E-state index contributed by atoms with van der Waals surface area (Å²) in [7, 11) is 0. The molecule has 4 heteroatoms. The molecule has 1 heterocycles. The molecule has 4 nitrogen and oxygen atoms in total. The Kier molecular flexibility index (Phi) is 10.3. The van der Waals surface area contributed by atoms with Crippen molar-refractivity contribution < 1.29 is 10.2 Å². The lowest BCUT2D eigenvalue weighted by Crippen LogP contribution is -2.38. The minimum atomic E-state index is 0.243. The third-order valence-corrected chi connectivity index (χ3v) is 4.71. The fourth-order valence-electron chi connectivity index (χ4n) is 3.49. The van der Waals surface area contributed by atoms with Crippen LogP contribution in [0.5, 0.6) is 0 Å². The summed E-state index contributed by atoms with van der Waals surface area (Å²) in [5.74, 6) is 1.62. The molecule has 2 N–H and O–H groups in total. The van der Waals surface area contributed by atoms with E-state index in [0.717, 1.165) is 51.1 Å². The molecular weight excluding hydrogens is 264 g/mol. The largest absolute Gasteiger partial charge is 0.395 e. The summed E-state index contributed by atoms with van der Waals surface area (Å²) >= 11 is 0. The second kappa shape index (κ2) is 11.4. The standard InChI is InChI=1S/C17H36N2O2/c1-16-5-3-7-18(11-13-20)9-10-19(12-14-21)8-4-6-17(2)15-16/h16-17,20-21H,3-15H2,1-2H3. The smallest absolute Gasteiger partial charge is 0.0558 e. The van der Waals surface area contributed by atoms with Crippen LogP contribution in [0.3, 0.4) is 0 Å². The van der Waals surface area contributed by atoms with E-state index in [1.54, 1.807) is 0 Å². The lowest BCUT2D eigenvalue weighted by molar-refractivity contribution is 0.148. The highest BCUT2D eigenvalue weighted by molar-refractivity contribution is 4.68. The highest BCUT2D eigenvalue weighted by Gasteiger charge is 2.14. The third kappa shape index (κ3) is 8.77. The SMILES string of the molecule is CC1CCCN(CCO)CCN(CCO)CCCC(C)C1. The summed E-state index contributed by atoms with van der Waals surface area (Å²) in [4.78, 5) is 4.75. The summed E-state index contributed by atoms with van der Waals surface area (Å²) in [6.45, 7) is 11.0. The summed E-state index contributed by atoms with van der Waals surface area (Å²) in [5.41, 5.74) is 0. The van der Waals surface area contributed by atoms with Crippen molar-refractivity contribution in [1.82, 2.24) is 9.80 Å². The molecule has 0 aromatic carbocycles. The van der Waals surface area contributed by atoms with Gasteiger partial charge in [0.25, 0.3) is 0 Å². The first kappa shape index (κ1) is 18.9. The van der Waals surface area contributed by atoms with E-state index in [1.165, 1.54) is 32.1 Å². The van der Waals surface area contributed by atoms with E-state index >= 15 is 0 Å². The molecule has 1 fully saturated rings. The lowest BCUT2D eigenvalue weighted by atomic mass is 9.90. The highest BCUT2D eigenvalue weighted by atomic mass is 16.3. The molecule has 0 aromatic heterocycles. The van der Waals surface area contributed by atoms with Gasteiger partial charge in [-0.2, -0.15) is 0 Å². The average Bonchev–Trinajstić information content (AvgIpc) is 2.44. The molecule has 0 aliphatic carbocycles. The minimum absolute atomic E-state index is 0.243. The number of β-amino-alcohol motifs (C(OH)–C–C–N with tert-alkyl or cyclic N) is 2. The normalized spacial score (nSPS) is 28.6. The van der Waals surface area contributed by atoms with Gasteiger partial charge in [-0.1, -0.05) is 13.8 Å². The molecular formula is C17H36N2O2. The Bertz CT molecular complexity index is 227. The number of rotatable bonds is 4. The van der Waals surface area contributed by atoms with Gasteiger partial charge in [-0.3, -0.25) is 9.80 Å². The van der Waals surface area contributed by atoms with Crippen LogP contribution in [0.25, 0.3) is 0 Å². The average molecular weight is 300 g/mol. The van der Waals surface area contributed by atoms with Crippen LogP contribution in [0, 0.1) is 11.8 Å². The second-order valence-corrected chi connectivity index (χ2v) is 6.86. The van der Waals surface area contributed by atoms with Gasteiger partial charge in [-0.05, 0) is 57.0 Å². The highest BCUT2D eigenvalue weighted by Crippen LogP contribution is 2.21. The molecule has 1 aliphatic rings. The zero-order valence-corrected chi connectivity index (χ0v) is 14.1. The van der Waals surface area contributed by atoms with Crippen LogP contribution < -0.4 is 0 Å². The molecule has 21 heavy (non-hydrogen) atoms. The third-order valence-electron chi connectivity index (χ3n) is 4.71. The Balaban J connectivity index is 2.54. The van der Waals surface area contributed by atoms with Crippen LogP contribution >= 0.6 is 0 Å². The maximum absolute atomic E-state index is 9.21. The molecule has 2 unspecified atom stereocenters. The van der Waals surface area contributed by atoms with E-state index in [-0.39, 0.29) is 13.2 Å². The maximum atomic E-state index is 9.21. The van der Waals surface area contributed by atoms with E-state index in [1.807, 2.05) is 0 Å². The van der Waals surface area contributed by atoms with Gasteiger partial charge in [0, 0.05) is 26.2 Å². The number of hydrogen-bond acceptors (Lipinski definition) is 4. The Morgan fingerprint density at radius 2 is 1.19 bits per heavy atom. The first-order valence-electron chi connectivity index (χ1n) is 8.82. The van der Waals surface area contributed by atoms with Gasteiger partial charge in [-0.15, -0.1) is 0 Å². The first-order chi connectivity index (χ1) is 10.2. The lowest BCUT2D eigenvalue weighted by Gasteiger charge is -2.27. The Morgan fingerprint density at radius 3 is 1.57 bits per heavy atom. The van der Waals surface area contributed by atoms with Crippen molar-refractivity contribution in [3.05, 3.63) is 0 Å². The van der Waals surface area contributed by atoms with Crippen LogP contribution in [0.15, 0.2) is 0 Å². The van der Waals surface area contributed by atoms with Gasteiger partial charge < -0.3 is 10.2 Å². The fourth-order valence-corrected chi connectivity index (χ4v) is 3.49. The van der Waals surface area contributed by atoms with E-state index in [9.17, 15) is 10.2 Å². The van der Waals surface area contributed by atoms with E-state index < -0.39 is 0 Å². The van der Waals surface area contributed by atoms with Crippen molar-refractivity contribution >= 4 is 0 Å². The Hall–Kier alpha value is -0.160. The molecule has 126 valence electrons. The predicted octanol–water partition coefficient (Wildman–Crippen LogP) is 1.81. The van der Waals surface area contributed by atoms with Crippen molar-refractivity contribution in [2.24, 2.45) is 11.8 Å². The summed E-state index contributed by atoms with van der Waals surface area (Å²) < 4.78 is 0. The molecule has 1 aliphatic heterocycles. The fraction of sp³-hybridized carbons (Fsp3) is 1.00. The molecule has 1 rings (SSSR count). The van der Waals surface area contributed by atoms with E-state index in [0.29, 0.717) is 0 Å². The van der Waals surface area contributed by atoms with Crippen LogP contribution in [-0.4, -0.2) is 72.5 Å². The van der Waals surface area contributed by atoms with E-state index in [2.05, 4.69) is 23.6 Å². The summed E-state index contributed by atoms with van der Waals surface area (Å²) in [6, 6.07) is 0. The van der Waals surface area contributed by atoms with Crippen molar-refractivity contribution in [2.75, 3.05) is 52.5 Å². The molecule has 0 spiro atoms. The Morgan fingerprint density at radius 1 is 0.762 bits per heavy atom. The topological polar surface area (TPSA) is 46.9 Å². The van der Waals surface area contributed by atoms with E-state index in [4.69, 9.17) is 0 Å². The predicted molar refractivity (Wildman–Crippen MR) is 88.5 cm³/mol. The van der Waals surface area contributed by atoms with Gasteiger partial charge in [0.15, 0.2) is 0 Å². The molecule has 0 aromatic rings. The maximum Gasteiger partial charge on any atom is 0.0558 e. The number of aliphatic hydroxyl groups is 2. The second-order valence-electron chi connectivity index (χ2n) is 6.86. The molecule has 2 atom stereocenters. The van der Waals surface area contributed by atoms with Gasteiger partial charge in [0.05, 0.1) is 13.2 Å². The summed E-state index contributed by atoms with van der Waals surface area (Å²) in [6.07, 6.45) is 6.39. The van der Waals surface area contributed by atoms with Crippen LogP contribution in [0.2, 0.25) is 0 Å². The van der Waals surface area contributed by atoms with Crippen LogP contribution in [-0.2, 0) is 0 Å². The zero-order valence-electron chi connectivity index (χ0n) is 14.1. The van der Waals surface area contributed by atoms with Crippen molar-refractivity contribution in [3.8, 4) is 0 Å². The molecule has 0 amide bonds. The van der Waals surface area contributed by atoms with Crippen LogP contribution in [0.4, 0.5) is 0 Å². The molecule has 0 radical (unpaired) electrons. The molecule has 0 saturated carbocycles. The number of aliphatic hydroxyl groups excluding tert-OH is 2. The Labute approximate surface area is 131 Å². The number of nitrogens with zero attached hydrogens (tertiary/aromatic N) is 2. The van der Waals surface area contributed by atoms with Gasteiger partial charge >= 0.3 is 0 Å².